The van der Waals surface area contributed by atoms with Crippen LogP contribution in [0.2, 0.25) is 0 Å². The maximum absolute atomic E-state index is 12.3. The van der Waals surface area contributed by atoms with Crippen molar-refractivity contribution in [1.29, 1.82) is 0 Å². The van der Waals surface area contributed by atoms with Gasteiger partial charge in [0.15, 0.2) is 11.5 Å². The molecule has 2 amide bonds. The molecule has 0 bridgehead atoms. The van der Waals surface area contributed by atoms with Gasteiger partial charge in [0.05, 0.1) is 20.3 Å². The minimum Gasteiger partial charge on any atom is -0.493 e. The van der Waals surface area contributed by atoms with Crippen LogP contribution in [0, 0.1) is 5.92 Å². The number of hydrogen-bond donors (Lipinski definition) is 3. The second-order valence-corrected chi connectivity index (χ2v) is 10.4. The molecule has 1 aromatic rings. The van der Waals surface area contributed by atoms with Crippen molar-refractivity contribution in [1.82, 2.24) is 20.9 Å². The third kappa shape index (κ3) is 11.6. The molecule has 216 valence electrons. The van der Waals surface area contributed by atoms with E-state index in [1.165, 1.54) is 32.1 Å². The molecule has 9 nitrogen and oxygen atoms in total. The van der Waals surface area contributed by atoms with Crippen molar-refractivity contribution in [3.05, 3.63) is 23.8 Å². The zero-order valence-electron chi connectivity index (χ0n) is 24.1. The van der Waals surface area contributed by atoms with Gasteiger partial charge >= 0.3 is 0 Å². The summed E-state index contributed by atoms with van der Waals surface area (Å²) in [5.41, 5.74) is 0.591. The second kappa shape index (κ2) is 18.0. The molecule has 1 unspecified atom stereocenters. The Morgan fingerprint density at radius 2 is 1.84 bits per heavy atom. The van der Waals surface area contributed by atoms with Gasteiger partial charge in [-0.15, -0.1) is 0 Å². The van der Waals surface area contributed by atoms with Crippen molar-refractivity contribution in [2.75, 3.05) is 60.7 Å². The summed E-state index contributed by atoms with van der Waals surface area (Å²) in [5, 5.41) is 9.63. The lowest BCUT2D eigenvalue weighted by molar-refractivity contribution is -0.120. The Labute approximate surface area is 229 Å². The summed E-state index contributed by atoms with van der Waals surface area (Å²) in [4.78, 5) is 25.7. The normalized spacial score (nSPS) is 17.5. The number of carbonyl (C=O) groups excluding carboxylic acids is 2. The Hall–Kier alpha value is -2.36. The minimum atomic E-state index is -0.0330. The van der Waals surface area contributed by atoms with Crippen LogP contribution in [-0.2, 0) is 9.53 Å². The van der Waals surface area contributed by atoms with Crippen LogP contribution in [0.3, 0.4) is 0 Å². The first-order valence-corrected chi connectivity index (χ1v) is 14.1. The van der Waals surface area contributed by atoms with Crippen LogP contribution in [0.5, 0.6) is 11.5 Å². The molecule has 2 fully saturated rings. The fraction of sp³-hybridized carbons (Fsp3) is 0.724. The van der Waals surface area contributed by atoms with Crippen LogP contribution in [-0.4, -0.2) is 89.5 Å². The third-order valence-corrected chi connectivity index (χ3v) is 7.18. The van der Waals surface area contributed by atoms with E-state index in [1.807, 2.05) is 13.8 Å². The first-order chi connectivity index (χ1) is 18.3. The quantitative estimate of drug-likeness (QED) is 0.334. The van der Waals surface area contributed by atoms with Crippen LogP contribution in [0.15, 0.2) is 18.2 Å². The number of amides is 2. The van der Waals surface area contributed by atoms with Gasteiger partial charge in [-0.25, -0.2) is 0 Å². The maximum atomic E-state index is 12.3. The molecule has 1 aliphatic heterocycles. The zero-order valence-corrected chi connectivity index (χ0v) is 24.1. The van der Waals surface area contributed by atoms with Crippen molar-refractivity contribution >= 4 is 11.8 Å². The monoisotopic (exact) mass is 534 g/mol. The molecule has 1 aliphatic carbocycles. The summed E-state index contributed by atoms with van der Waals surface area (Å²) in [6.45, 7) is 8.52. The van der Waals surface area contributed by atoms with Gasteiger partial charge in [0.25, 0.3) is 5.91 Å². The van der Waals surface area contributed by atoms with E-state index in [4.69, 9.17) is 14.2 Å². The highest BCUT2D eigenvalue weighted by atomic mass is 16.5. The van der Waals surface area contributed by atoms with E-state index in [9.17, 15) is 9.59 Å². The summed E-state index contributed by atoms with van der Waals surface area (Å²) in [5.74, 6) is 2.05. The van der Waals surface area contributed by atoms with Crippen LogP contribution in [0.4, 0.5) is 0 Å². The van der Waals surface area contributed by atoms with Gasteiger partial charge < -0.3 is 35.1 Å². The third-order valence-electron chi connectivity index (χ3n) is 7.18. The van der Waals surface area contributed by atoms with Crippen molar-refractivity contribution in [3.8, 4) is 11.5 Å². The van der Waals surface area contributed by atoms with Crippen molar-refractivity contribution < 1.29 is 23.8 Å². The molecular weight excluding hydrogens is 484 g/mol. The Balaban J connectivity index is 0.000000272. The van der Waals surface area contributed by atoms with Gasteiger partial charge in [0.1, 0.15) is 0 Å². The lowest BCUT2D eigenvalue weighted by Crippen LogP contribution is -2.41. The average Bonchev–Trinajstić information content (AvgIpc) is 3.47. The Morgan fingerprint density at radius 1 is 1.08 bits per heavy atom. The molecule has 3 rings (SSSR count). The van der Waals surface area contributed by atoms with Gasteiger partial charge in [-0.3, -0.25) is 9.59 Å². The number of benzene rings is 1. The SMILES string of the molecule is COCCCOc1cc(C(=O)N(C)C(C)C)ccc1OC.O=C(CNC1CCNC1)NCC1CCCCC1. The number of carbonyl (C=O) groups is 2. The fourth-order valence-corrected chi connectivity index (χ4v) is 4.52. The summed E-state index contributed by atoms with van der Waals surface area (Å²) in [7, 11) is 5.02. The smallest absolute Gasteiger partial charge is 0.253 e. The van der Waals surface area contributed by atoms with Crippen molar-refractivity contribution in [2.24, 2.45) is 5.92 Å². The zero-order chi connectivity index (χ0) is 27.8. The van der Waals surface area contributed by atoms with E-state index in [0.29, 0.717) is 42.9 Å². The summed E-state index contributed by atoms with van der Waals surface area (Å²) < 4.78 is 15.9. The molecule has 1 saturated heterocycles. The molecular formula is C29H50N4O5. The highest BCUT2D eigenvalue weighted by Crippen LogP contribution is 2.29. The van der Waals surface area contributed by atoms with Gasteiger partial charge in [0, 0.05) is 57.9 Å². The first-order valence-electron chi connectivity index (χ1n) is 14.1. The highest BCUT2D eigenvalue weighted by Gasteiger charge is 2.18. The molecule has 0 radical (unpaired) electrons. The van der Waals surface area contributed by atoms with Gasteiger partial charge in [-0.2, -0.15) is 0 Å². The van der Waals surface area contributed by atoms with Crippen molar-refractivity contribution in [2.45, 2.75) is 70.9 Å². The van der Waals surface area contributed by atoms with Gasteiger partial charge in [-0.1, -0.05) is 19.3 Å². The molecule has 9 heteroatoms. The number of nitrogens with zero attached hydrogens (tertiary/aromatic N) is 1. The Bertz CT molecular complexity index is 823. The van der Waals surface area contributed by atoms with E-state index in [2.05, 4.69) is 16.0 Å². The van der Waals surface area contributed by atoms with E-state index in [-0.39, 0.29) is 17.9 Å². The summed E-state index contributed by atoms with van der Waals surface area (Å²) >= 11 is 0. The predicted octanol–water partition coefficient (Wildman–Crippen LogP) is 3.23. The molecule has 38 heavy (non-hydrogen) atoms. The summed E-state index contributed by atoms with van der Waals surface area (Å²) in [6.07, 6.45) is 8.56. The maximum Gasteiger partial charge on any atom is 0.253 e. The van der Waals surface area contributed by atoms with E-state index in [1.54, 1.807) is 44.4 Å². The molecule has 1 heterocycles. The molecule has 1 aromatic carbocycles. The molecule has 1 saturated carbocycles. The number of hydrogen-bond acceptors (Lipinski definition) is 7. The Kier molecular flexibility index (Phi) is 15.1. The van der Waals surface area contributed by atoms with Crippen LogP contribution >= 0.6 is 0 Å². The number of ether oxygens (including phenoxy) is 3. The molecule has 2 aliphatic rings. The molecule has 3 N–H and O–H groups in total. The lowest BCUT2D eigenvalue weighted by atomic mass is 9.89. The minimum absolute atomic E-state index is 0.0330. The molecule has 0 spiro atoms. The topological polar surface area (TPSA) is 101 Å². The number of methoxy groups -OCH3 is 2. The van der Waals surface area contributed by atoms with E-state index < -0.39 is 0 Å². The molecule has 0 aromatic heterocycles. The predicted molar refractivity (Wildman–Crippen MR) is 151 cm³/mol. The standard InChI is InChI=1S/C16H25NO4.C13H25N3O/c1-12(2)17(3)16(18)13-7-8-14(20-5)15(11-13)21-10-6-9-19-4;17-13(10-15-12-6-7-14-9-12)16-8-11-4-2-1-3-5-11/h7-8,11-12H,6,9-10H2,1-5H3;11-12,14-15H,1-10H2,(H,16,17). The van der Waals surface area contributed by atoms with Gasteiger partial charge in [-0.05, 0) is 63.8 Å². The lowest BCUT2D eigenvalue weighted by Gasteiger charge is -2.22. The van der Waals surface area contributed by atoms with Crippen molar-refractivity contribution in [3.63, 3.8) is 0 Å². The van der Waals surface area contributed by atoms with Crippen LogP contribution in [0.1, 0.15) is 69.2 Å². The second-order valence-electron chi connectivity index (χ2n) is 10.4. The van der Waals surface area contributed by atoms with Crippen LogP contribution < -0.4 is 25.4 Å². The number of nitrogens with one attached hydrogen (secondary N) is 3. The fourth-order valence-electron chi connectivity index (χ4n) is 4.52. The molecule has 1 atom stereocenters. The van der Waals surface area contributed by atoms with Gasteiger partial charge in [0.2, 0.25) is 5.91 Å². The van der Waals surface area contributed by atoms with E-state index in [0.717, 1.165) is 38.4 Å². The van der Waals surface area contributed by atoms with Crippen LogP contribution in [0.25, 0.3) is 0 Å². The largest absolute Gasteiger partial charge is 0.493 e. The number of rotatable bonds is 13. The first kappa shape index (κ1) is 31.9. The highest BCUT2D eigenvalue weighted by molar-refractivity contribution is 5.95. The van der Waals surface area contributed by atoms with E-state index >= 15 is 0 Å². The Morgan fingerprint density at radius 3 is 2.47 bits per heavy atom. The average molecular weight is 535 g/mol. The summed E-state index contributed by atoms with van der Waals surface area (Å²) in [6, 6.07) is 5.86.